The third-order valence-electron chi connectivity index (χ3n) is 7.75. The lowest BCUT2D eigenvalue weighted by atomic mass is 9.77. The van der Waals surface area contributed by atoms with Crippen LogP contribution in [0.5, 0.6) is 17.2 Å². The Kier molecular flexibility index (Phi) is 12.1. The zero-order chi connectivity index (χ0) is 34.8. The SMILES string of the molecule is CCCCCC(=O)OOc1ccc(CC(NC(=O)NC2CCCC2)(c2cccc(OC(F)(F)F)c2)c2cccc(OC(F)(F)F)c2)cc1. The number of unbranched alkanes of at least 4 members (excludes halogenated alkanes) is 2. The third kappa shape index (κ3) is 11.0. The van der Waals surface area contributed by atoms with Gasteiger partial charge in [-0.2, -0.15) is 0 Å². The van der Waals surface area contributed by atoms with Gasteiger partial charge >= 0.3 is 24.7 Å². The van der Waals surface area contributed by atoms with Gasteiger partial charge in [-0.05, 0) is 72.4 Å². The molecule has 1 aliphatic rings. The molecule has 0 atom stereocenters. The van der Waals surface area contributed by atoms with Crippen molar-refractivity contribution >= 4 is 12.0 Å². The monoisotopic (exact) mass is 682 g/mol. The minimum Gasteiger partial charge on any atom is -0.406 e. The van der Waals surface area contributed by atoms with Crippen molar-refractivity contribution in [3.8, 4) is 17.2 Å². The minimum atomic E-state index is -5.04. The van der Waals surface area contributed by atoms with Gasteiger partial charge < -0.3 is 20.1 Å². The highest BCUT2D eigenvalue weighted by Gasteiger charge is 2.40. The van der Waals surface area contributed by atoms with Gasteiger partial charge in [0.1, 0.15) is 11.5 Å². The average Bonchev–Trinajstić information content (AvgIpc) is 3.52. The molecule has 2 amide bonds. The van der Waals surface area contributed by atoms with E-state index in [9.17, 15) is 35.9 Å². The zero-order valence-corrected chi connectivity index (χ0v) is 26.1. The molecule has 1 fully saturated rings. The number of carbonyl (C=O) groups excluding carboxylic acids is 2. The summed E-state index contributed by atoms with van der Waals surface area (Å²) in [5, 5.41) is 5.75. The van der Waals surface area contributed by atoms with Crippen molar-refractivity contribution in [3.05, 3.63) is 89.5 Å². The Morgan fingerprint density at radius 1 is 0.771 bits per heavy atom. The first-order valence-electron chi connectivity index (χ1n) is 15.5. The van der Waals surface area contributed by atoms with Gasteiger partial charge in [0, 0.05) is 12.5 Å². The largest absolute Gasteiger partial charge is 0.573 e. The Morgan fingerprint density at radius 2 is 1.33 bits per heavy atom. The van der Waals surface area contributed by atoms with E-state index >= 15 is 0 Å². The number of amides is 2. The summed E-state index contributed by atoms with van der Waals surface area (Å²) in [7, 11) is 0. The number of alkyl halides is 6. The number of ether oxygens (including phenoxy) is 2. The Balaban J connectivity index is 1.75. The quantitative estimate of drug-likeness (QED) is 0.0766. The van der Waals surface area contributed by atoms with Crippen molar-refractivity contribution in [2.45, 2.75) is 89.0 Å². The van der Waals surface area contributed by atoms with Crippen molar-refractivity contribution in [1.82, 2.24) is 10.6 Å². The molecule has 0 heterocycles. The number of hydrogen-bond donors (Lipinski definition) is 2. The molecule has 0 spiro atoms. The number of halogens is 6. The van der Waals surface area contributed by atoms with Crippen molar-refractivity contribution in [1.29, 1.82) is 0 Å². The number of urea groups is 1. The second kappa shape index (κ2) is 16.0. The van der Waals surface area contributed by atoms with Gasteiger partial charge in [0.15, 0.2) is 5.75 Å². The van der Waals surface area contributed by atoms with E-state index in [2.05, 4.69) is 20.1 Å². The van der Waals surface area contributed by atoms with E-state index in [-0.39, 0.29) is 35.8 Å². The molecular weight excluding hydrogens is 646 g/mol. The maximum absolute atomic E-state index is 13.6. The Labute approximate surface area is 273 Å². The predicted molar refractivity (Wildman–Crippen MR) is 162 cm³/mol. The van der Waals surface area contributed by atoms with Crippen molar-refractivity contribution < 1.29 is 55.2 Å². The van der Waals surface area contributed by atoms with E-state index in [1.807, 2.05) is 6.92 Å². The van der Waals surface area contributed by atoms with Crippen LogP contribution in [-0.2, 0) is 21.6 Å². The maximum atomic E-state index is 13.6. The fraction of sp³-hybridized carbons (Fsp3) is 0.412. The highest BCUT2D eigenvalue weighted by atomic mass is 19.4. The van der Waals surface area contributed by atoms with Gasteiger partial charge in [0.2, 0.25) is 0 Å². The van der Waals surface area contributed by atoms with Crippen LogP contribution < -0.4 is 25.0 Å². The van der Waals surface area contributed by atoms with Crippen molar-refractivity contribution in [2.24, 2.45) is 0 Å². The van der Waals surface area contributed by atoms with Gasteiger partial charge in [-0.1, -0.05) is 69.0 Å². The lowest BCUT2D eigenvalue weighted by molar-refractivity contribution is -0.275. The Bertz CT molecular complexity index is 1450. The molecular formula is C34H36F6N2O6. The summed E-state index contributed by atoms with van der Waals surface area (Å²) in [6.07, 6.45) is -4.41. The topological polar surface area (TPSA) is 95.1 Å². The molecule has 0 saturated heterocycles. The van der Waals surface area contributed by atoms with Gasteiger partial charge in [-0.15, -0.1) is 26.3 Å². The number of hydrogen-bond acceptors (Lipinski definition) is 6. The van der Waals surface area contributed by atoms with Crippen LogP contribution in [0.25, 0.3) is 0 Å². The van der Waals surface area contributed by atoms with E-state index in [0.717, 1.165) is 62.8 Å². The Morgan fingerprint density at radius 3 is 1.85 bits per heavy atom. The summed E-state index contributed by atoms with van der Waals surface area (Å²) in [6, 6.07) is 14.9. The molecule has 0 unspecified atom stereocenters. The molecule has 3 aromatic carbocycles. The maximum Gasteiger partial charge on any atom is 0.573 e. The number of carbonyl (C=O) groups is 2. The van der Waals surface area contributed by atoms with Crippen LogP contribution in [-0.4, -0.2) is 30.8 Å². The van der Waals surface area contributed by atoms with Crippen LogP contribution in [0.4, 0.5) is 31.1 Å². The van der Waals surface area contributed by atoms with E-state index < -0.39 is 41.8 Å². The average molecular weight is 683 g/mol. The summed E-state index contributed by atoms with van der Waals surface area (Å²) in [4.78, 5) is 35.5. The summed E-state index contributed by atoms with van der Waals surface area (Å²) in [6.45, 7) is 2.00. The van der Waals surface area contributed by atoms with Crippen LogP contribution in [0.1, 0.15) is 75.0 Å². The molecule has 4 rings (SSSR count). The molecule has 14 heteroatoms. The lowest BCUT2D eigenvalue weighted by Crippen LogP contribution is -2.53. The molecule has 1 aliphatic carbocycles. The summed E-state index contributed by atoms with van der Waals surface area (Å²) in [5.74, 6) is -1.59. The lowest BCUT2D eigenvalue weighted by Gasteiger charge is -2.37. The van der Waals surface area contributed by atoms with Gasteiger partial charge in [-0.3, -0.25) is 9.78 Å². The smallest absolute Gasteiger partial charge is 0.406 e. The summed E-state index contributed by atoms with van der Waals surface area (Å²) < 4.78 is 87.8. The molecule has 1 saturated carbocycles. The molecule has 0 radical (unpaired) electrons. The molecule has 0 aromatic heterocycles. The molecule has 0 aliphatic heterocycles. The molecule has 8 nitrogen and oxygen atoms in total. The first-order valence-corrected chi connectivity index (χ1v) is 15.5. The fourth-order valence-electron chi connectivity index (χ4n) is 5.59. The number of benzene rings is 3. The summed E-state index contributed by atoms with van der Waals surface area (Å²) >= 11 is 0. The first-order chi connectivity index (χ1) is 22.7. The van der Waals surface area contributed by atoms with Crippen molar-refractivity contribution in [3.63, 3.8) is 0 Å². The Hall–Kier alpha value is -4.62. The zero-order valence-electron chi connectivity index (χ0n) is 26.1. The van der Waals surface area contributed by atoms with Crippen LogP contribution >= 0.6 is 0 Å². The van der Waals surface area contributed by atoms with Gasteiger partial charge in [-0.25, -0.2) is 9.59 Å². The highest BCUT2D eigenvalue weighted by Crippen LogP contribution is 2.39. The van der Waals surface area contributed by atoms with E-state index in [4.69, 9.17) is 9.78 Å². The normalized spacial score (nSPS) is 13.9. The molecule has 2 N–H and O–H groups in total. The number of rotatable bonds is 14. The second-order valence-corrected chi connectivity index (χ2v) is 11.5. The fourth-order valence-corrected chi connectivity index (χ4v) is 5.59. The minimum absolute atomic E-state index is 0.0799. The van der Waals surface area contributed by atoms with E-state index in [1.165, 1.54) is 36.4 Å². The highest BCUT2D eigenvalue weighted by molar-refractivity contribution is 5.76. The van der Waals surface area contributed by atoms with E-state index in [1.54, 1.807) is 12.1 Å². The van der Waals surface area contributed by atoms with Gasteiger partial charge in [0.05, 0.1) is 12.0 Å². The van der Waals surface area contributed by atoms with Crippen molar-refractivity contribution in [2.75, 3.05) is 0 Å². The molecule has 260 valence electrons. The van der Waals surface area contributed by atoms with Gasteiger partial charge in [0.25, 0.3) is 0 Å². The predicted octanol–water partition coefficient (Wildman–Crippen LogP) is 8.63. The second-order valence-electron chi connectivity index (χ2n) is 11.5. The van der Waals surface area contributed by atoms with Crippen LogP contribution in [0.3, 0.4) is 0 Å². The molecule has 48 heavy (non-hydrogen) atoms. The molecule has 0 bridgehead atoms. The van der Waals surface area contributed by atoms with Crippen LogP contribution in [0, 0.1) is 0 Å². The van der Waals surface area contributed by atoms with Crippen LogP contribution in [0.15, 0.2) is 72.8 Å². The van der Waals surface area contributed by atoms with Crippen LogP contribution in [0.2, 0.25) is 0 Å². The first kappa shape index (κ1) is 36.2. The number of nitrogens with one attached hydrogen (secondary N) is 2. The molecule has 3 aromatic rings. The standard InChI is InChI=1S/C34H36F6N2O6/c1-2-3-4-15-30(43)48-47-27-18-16-23(17-19-27)22-32(42-31(44)41-26-11-5-6-12-26,24-9-7-13-28(20-24)45-33(35,36)37)25-10-8-14-29(21-25)46-34(38,39)40/h7-10,13-14,16-21,26H,2-6,11-12,15,22H2,1H3,(H2,41,42,44). The van der Waals surface area contributed by atoms with E-state index in [0.29, 0.717) is 12.0 Å². The third-order valence-corrected chi connectivity index (χ3v) is 7.75. The summed E-state index contributed by atoms with van der Waals surface area (Å²) in [5.41, 5.74) is -1.11.